The molecule has 0 spiro atoms. The number of hydrogen-bond acceptors (Lipinski definition) is 2. The van der Waals surface area contributed by atoms with Crippen molar-refractivity contribution in [2.24, 2.45) is 0 Å². The second-order valence-electron chi connectivity index (χ2n) is 5.42. The van der Waals surface area contributed by atoms with Crippen LogP contribution in [-0.2, 0) is 9.53 Å². The molecule has 0 radical (unpaired) electrons. The normalized spacial score (nSPS) is 11.9. The van der Waals surface area contributed by atoms with Crippen LogP contribution < -0.4 is 0 Å². The minimum atomic E-state index is -0.0819. The Morgan fingerprint density at radius 2 is 1.36 bits per heavy atom. The van der Waals surface area contributed by atoms with E-state index in [2.05, 4.69) is 43.4 Å². The van der Waals surface area contributed by atoms with Crippen LogP contribution in [0.4, 0.5) is 0 Å². The molecule has 0 unspecified atom stereocenters. The number of carbonyl (C=O) groups excluding carboxylic acids is 1. The third-order valence-corrected chi connectivity index (χ3v) is 3.30. The van der Waals surface area contributed by atoms with E-state index in [1.54, 1.807) is 0 Å². The number of allylic oxidation sites excluding steroid dienone is 6. The number of ether oxygens (including phenoxy) is 1. The van der Waals surface area contributed by atoms with E-state index in [9.17, 15) is 4.79 Å². The zero-order valence-electron chi connectivity index (χ0n) is 14.6. The highest BCUT2D eigenvalue weighted by Crippen LogP contribution is 2.02. The van der Waals surface area contributed by atoms with Crippen LogP contribution in [0.15, 0.2) is 36.5 Å². The van der Waals surface area contributed by atoms with E-state index in [1.807, 2.05) is 6.92 Å². The summed E-state index contributed by atoms with van der Waals surface area (Å²) >= 11 is 0. The molecule has 0 aliphatic carbocycles. The molecule has 0 atom stereocenters. The molecule has 0 fully saturated rings. The zero-order valence-corrected chi connectivity index (χ0v) is 14.6. The Morgan fingerprint density at radius 1 is 0.773 bits per heavy atom. The van der Waals surface area contributed by atoms with Crippen molar-refractivity contribution in [1.29, 1.82) is 0 Å². The van der Waals surface area contributed by atoms with E-state index in [0.29, 0.717) is 13.0 Å². The molecule has 0 rings (SSSR count). The third-order valence-electron chi connectivity index (χ3n) is 3.30. The molecular weight excluding hydrogens is 272 g/mol. The summed E-state index contributed by atoms with van der Waals surface area (Å²) in [5, 5.41) is 0. The maximum atomic E-state index is 11.1. The Hall–Kier alpha value is -1.31. The maximum Gasteiger partial charge on any atom is 0.305 e. The third kappa shape index (κ3) is 16.7. The number of rotatable bonds is 14. The van der Waals surface area contributed by atoms with Crippen LogP contribution in [0.5, 0.6) is 0 Å². The SMILES string of the molecule is CCCCCC=CCC=CCC/C=C\CCCC(=O)OCC. The van der Waals surface area contributed by atoms with E-state index in [4.69, 9.17) is 4.74 Å². The average Bonchev–Trinajstić information content (AvgIpc) is 2.51. The van der Waals surface area contributed by atoms with Crippen LogP contribution in [0.25, 0.3) is 0 Å². The molecule has 0 aromatic heterocycles. The van der Waals surface area contributed by atoms with Crippen LogP contribution in [0.1, 0.15) is 78.1 Å². The summed E-state index contributed by atoms with van der Waals surface area (Å²) in [6.07, 6.45) is 24.2. The van der Waals surface area contributed by atoms with Gasteiger partial charge in [0.15, 0.2) is 0 Å². The molecule has 0 heterocycles. The molecule has 2 heteroatoms. The number of unbranched alkanes of at least 4 members (excludes halogenated alkanes) is 5. The lowest BCUT2D eigenvalue weighted by molar-refractivity contribution is -0.143. The van der Waals surface area contributed by atoms with Crippen LogP contribution in [0.3, 0.4) is 0 Å². The molecule has 0 bridgehead atoms. The molecular formula is C20H34O2. The molecule has 126 valence electrons. The van der Waals surface area contributed by atoms with Crippen molar-refractivity contribution in [2.45, 2.75) is 78.1 Å². The lowest BCUT2D eigenvalue weighted by atomic mass is 10.2. The summed E-state index contributed by atoms with van der Waals surface area (Å²) in [7, 11) is 0. The second-order valence-corrected chi connectivity index (χ2v) is 5.42. The fraction of sp³-hybridized carbons (Fsp3) is 0.650. The lowest BCUT2D eigenvalue weighted by Gasteiger charge is -1.98. The number of esters is 1. The van der Waals surface area contributed by atoms with Crippen LogP contribution in [0, 0.1) is 0 Å². The van der Waals surface area contributed by atoms with E-state index >= 15 is 0 Å². The van der Waals surface area contributed by atoms with Crippen molar-refractivity contribution in [3.8, 4) is 0 Å². The van der Waals surface area contributed by atoms with Crippen LogP contribution in [0.2, 0.25) is 0 Å². The van der Waals surface area contributed by atoms with Crippen molar-refractivity contribution in [1.82, 2.24) is 0 Å². The highest BCUT2D eigenvalue weighted by atomic mass is 16.5. The molecule has 0 aromatic carbocycles. The summed E-state index contributed by atoms with van der Waals surface area (Å²) in [5.74, 6) is -0.0819. The van der Waals surface area contributed by atoms with Crippen molar-refractivity contribution >= 4 is 5.97 Å². The first-order chi connectivity index (χ1) is 10.8. The molecule has 0 amide bonds. The summed E-state index contributed by atoms with van der Waals surface area (Å²) in [5.41, 5.74) is 0. The largest absolute Gasteiger partial charge is 0.466 e. The van der Waals surface area contributed by atoms with Crippen LogP contribution in [-0.4, -0.2) is 12.6 Å². The molecule has 2 nitrogen and oxygen atoms in total. The predicted octanol–water partition coefficient (Wildman–Crippen LogP) is 6.14. The Kier molecular flexibility index (Phi) is 16.7. The fourth-order valence-electron chi connectivity index (χ4n) is 2.04. The Bertz CT molecular complexity index is 327. The van der Waals surface area contributed by atoms with Gasteiger partial charge in [0, 0.05) is 6.42 Å². The van der Waals surface area contributed by atoms with Gasteiger partial charge in [-0.25, -0.2) is 0 Å². The van der Waals surface area contributed by atoms with E-state index < -0.39 is 0 Å². The smallest absolute Gasteiger partial charge is 0.305 e. The summed E-state index contributed by atoms with van der Waals surface area (Å²) < 4.78 is 4.88. The van der Waals surface area contributed by atoms with Crippen molar-refractivity contribution in [2.75, 3.05) is 6.61 Å². The molecule has 0 aliphatic heterocycles. The molecule has 0 saturated carbocycles. The number of hydrogen-bond donors (Lipinski definition) is 0. The molecule has 0 aliphatic rings. The van der Waals surface area contributed by atoms with Crippen molar-refractivity contribution < 1.29 is 9.53 Å². The monoisotopic (exact) mass is 306 g/mol. The van der Waals surface area contributed by atoms with Gasteiger partial charge < -0.3 is 4.74 Å². The highest BCUT2D eigenvalue weighted by Gasteiger charge is 1.98. The van der Waals surface area contributed by atoms with Gasteiger partial charge in [0.1, 0.15) is 0 Å². The molecule has 0 N–H and O–H groups in total. The minimum absolute atomic E-state index is 0.0819. The van der Waals surface area contributed by atoms with Crippen LogP contribution >= 0.6 is 0 Å². The second kappa shape index (κ2) is 17.7. The fourth-order valence-corrected chi connectivity index (χ4v) is 2.04. The van der Waals surface area contributed by atoms with Crippen molar-refractivity contribution in [3.05, 3.63) is 36.5 Å². The van der Waals surface area contributed by atoms with Crippen molar-refractivity contribution in [3.63, 3.8) is 0 Å². The highest BCUT2D eigenvalue weighted by molar-refractivity contribution is 5.69. The van der Waals surface area contributed by atoms with Gasteiger partial charge >= 0.3 is 5.97 Å². The first-order valence-corrected chi connectivity index (χ1v) is 8.91. The molecule has 0 saturated heterocycles. The topological polar surface area (TPSA) is 26.3 Å². The van der Waals surface area contributed by atoms with E-state index in [0.717, 1.165) is 32.1 Å². The Balaban J connectivity index is 3.35. The van der Waals surface area contributed by atoms with Gasteiger partial charge in [-0.2, -0.15) is 0 Å². The van der Waals surface area contributed by atoms with Gasteiger partial charge in [0.25, 0.3) is 0 Å². The number of carbonyl (C=O) groups is 1. The molecule has 22 heavy (non-hydrogen) atoms. The zero-order chi connectivity index (χ0) is 16.3. The Labute approximate surface area is 137 Å². The first-order valence-electron chi connectivity index (χ1n) is 8.91. The molecule has 0 aromatic rings. The van der Waals surface area contributed by atoms with Gasteiger partial charge in [0.05, 0.1) is 6.61 Å². The standard InChI is InChI=1S/C20H34O2/c1-3-5-6-7-8-9-10-11-12-13-14-15-16-17-18-19-20(21)22-4-2/h8-9,11-12,15-16H,3-7,10,13-14,17-19H2,1-2H3/b9-8?,12-11?,16-15-. The maximum absolute atomic E-state index is 11.1. The average molecular weight is 306 g/mol. The first kappa shape index (κ1) is 20.7. The van der Waals surface area contributed by atoms with E-state index in [1.165, 1.54) is 25.7 Å². The summed E-state index contributed by atoms with van der Waals surface area (Å²) in [6.45, 7) is 4.56. The van der Waals surface area contributed by atoms with E-state index in [-0.39, 0.29) is 5.97 Å². The predicted molar refractivity (Wildman–Crippen MR) is 95.9 cm³/mol. The summed E-state index contributed by atoms with van der Waals surface area (Å²) in [6, 6.07) is 0. The lowest BCUT2D eigenvalue weighted by Crippen LogP contribution is -2.02. The van der Waals surface area contributed by atoms with Gasteiger partial charge in [0.2, 0.25) is 0 Å². The Morgan fingerprint density at radius 3 is 2.05 bits per heavy atom. The quantitative estimate of drug-likeness (QED) is 0.219. The van der Waals surface area contributed by atoms with Gasteiger partial charge in [-0.1, -0.05) is 56.2 Å². The van der Waals surface area contributed by atoms with Gasteiger partial charge in [-0.05, 0) is 51.9 Å². The van der Waals surface area contributed by atoms with Gasteiger partial charge in [-0.3, -0.25) is 4.79 Å². The minimum Gasteiger partial charge on any atom is -0.466 e. The summed E-state index contributed by atoms with van der Waals surface area (Å²) in [4.78, 5) is 11.1. The van der Waals surface area contributed by atoms with Gasteiger partial charge in [-0.15, -0.1) is 0 Å².